The van der Waals surface area contributed by atoms with Gasteiger partial charge in [-0.3, -0.25) is 14.8 Å². The molecule has 5 heteroatoms. The number of rotatable bonds is 6. The van der Waals surface area contributed by atoms with Crippen LogP contribution in [0.2, 0.25) is 0 Å². The zero-order valence-electron chi connectivity index (χ0n) is 10.9. The third-order valence-corrected chi connectivity index (χ3v) is 2.95. The Morgan fingerprint density at radius 3 is 2.74 bits per heavy atom. The Hall–Kier alpha value is -2.14. The van der Waals surface area contributed by atoms with E-state index in [4.69, 9.17) is 5.73 Å². The summed E-state index contributed by atoms with van der Waals surface area (Å²) in [6, 6.07) is 9.37. The summed E-state index contributed by atoms with van der Waals surface area (Å²) in [6.45, 7) is 3.35. The van der Waals surface area contributed by atoms with Crippen LogP contribution in [0.3, 0.4) is 0 Å². The van der Waals surface area contributed by atoms with Gasteiger partial charge >= 0.3 is 0 Å². The average molecular weight is 258 g/mol. The minimum Gasteiger partial charge on any atom is -0.368 e. The van der Waals surface area contributed by atoms with Crippen LogP contribution < -0.4 is 11.1 Å². The molecule has 0 spiro atoms. The molecule has 100 valence electrons. The first-order valence-electron chi connectivity index (χ1n) is 6.29. The van der Waals surface area contributed by atoms with Gasteiger partial charge in [0.1, 0.15) is 6.04 Å². The molecule has 0 radical (unpaired) electrons. The largest absolute Gasteiger partial charge is 0.368 e. The van der Waals surface area contributed by atoms with Crippen molar-refractivity contribution in [2.24, 2.45) is 5.73 Å². The summed E-state index contributed by atoms with van der Waals surface area (Å²) in [5.74, 6) is -0.397. The molecule has 0 bridgehead atoms. The van der Waals surface area contributed by atoms with Crippen molar-refractivity contribution in [3.63, 3.8) is 0 Å². The molecule has 0 saturated heterocycles. The lowest BCUT2D eigenvalue weighted by molar-refractivity contribution is -0.120. The quantitative estimate of drug-likeness (QED) is 0.818. The monoisotopic (exact) mass is 258 g/mol. The van der Waals surface area contributed by atoms with E-state index in [0.29, 0.717) is 6.54 Å². The SMILES string of the molecule is CCn1cc(C(NCc2ccccc2)C(N)=O)cn1. The summed E-state index contributed by atoms with van der Waals surface area (Å²) in [7, 11) is 0. The van der Waals surface area contributed by atoms with Gasteiger partial charge in [0, 0.05) is 24.8 Å². The highest BCUT2D eigenvalue weighted by atomic mass is 16.1. The van der Waals surface area contributed by atoms with Crippen LogP contribution in [-0.2, 0) is 17.9 Å². The second kappa shape index (κ2) is 6.15. The fraction of sp³-hybridized carbons (Fsp3) is 0.286. The van der Waals surface area contributed by atoms with Crippen LogP contribution in [0.5, 0.6) is 0 Å². The minimum absolute atomic E-state index is 0.397. The van der Waals surface area contributed by atoms with Crippen LogP contribution in [0.1, 0.15) is 24.1 Å². The molecule has 5 nitrogen and oxygen atoms in total. The third-order valence-electron chi connectivity index (χ3n) is 2.95. The fourth-order valence-corrected chi connectivity index (χ4v) is 1.90. The van der Waals surface area contributed by atoms with Crippen molar-refractivity contribution in [1.29, 1.82) is 0 Å². The van der Waals surface area contributed by atoms with E-state index < -0.39 is 11.9 Å². The Labute approximate surface area is 112 Å². The molecule has 1 amide bonds. The summed E-state index contributed by atoms with van der Waals surface area (Å²) in [4.78, 5) is 11.5. The highest BCUT2D eigenvalue weighted by molar-refractivity contribution is 5.81. The molecule has 0 saturated carbocycles. The van der Waals surface area contributed by atoms with Gasteiger partial charge in [0.15, 0.2) is 0 Å². The predicted molar refractivity (Wildman–Crippen MR) is 73.1 cm³/mol. The molecule has 1 heterocycles. The van der Waals surface area contributed by atoms with Gasteiger partial charge in [0.05, 0.1) is 6.20 Å². The van der Waals surface area contributed by atoms with Crippen molar-refractivity contribution in [2.75, 3.05) is 0 Å². The van der Waals surface area contributed by atoms with Crippen LogP contribution in [-0.4, -0.2) is 15.7 Å². The molecule has 1 unspecified atom stereocenters. The van der Waals surface area contributed by atoms with Crippen LogP contribution in [0, 0.1) is 0 Å². The lowest BCUT2D eigenvalue weighted by atomic mass is 10.1. The molecule has 3 N–H and O–H groups in total. The maximum Gasteiger partial charge on any atom is 0.239 e. The number of nitrogens with one attached hydrogen (secondary N) is 1. The lowest BCUT2D eigenvalue weighted by Crippen LogP contribution is -2.33. The summed E-state index contributed by atoms with van der Waals surface area (Å²) < 4.78 is 1.77. The summed E-state index contributed by atoms with van der Waals surface area (Å²) in [5, 5.41) is 7.32. The Bertz CT molecular complexity index is 535. The number of amides is 1. The van der Waals surface area contributed by atoms with Gasteiger partial charge in [0.2, 0.25) is 5.91 Å². The van der Waals surface area contributed by atoms with E-state index in [9.17, 15) is 4.79 Å². The zero-order valence-corrected chi connectivity index (χ0v) is 10.9. The Kier molecular flexibility index (Phi) is 4.30. The van der Waals surface area contributed by atoms with Crippen LogP contribution in [0.15, 0.2) is 42.7 Å². The topological polar surface area (TPSA) is 72.9 Å². The van der Waals surface area contributed by atoms with Crippen molar-refractivity contribution in [3.05, 3.63) is 53.9 Å². The van der Waals surface area contributed by atoms with Gasteiger partial charge < -0.3 is 5.73 Å². The number of carbonyl (C=O) groups is 1. The van der Waals surface area contributed by atoms with E-state index in [1.165, 1.54) is 0 Å². The Morgan fingerprint density at radius 2 is 2.16 bits per heavy atom. The molecular formula is C14H18N4O. The number of benzene rings is 1. The summed E-state index contributed by atoms with van der Waals surface area (Å²) >= 11 is 0. The highest BCUT2D eigenvalue weighted by Crippen LogP contribution is 2.12. The van der Waals surface area contributed by atoms with Gasteiger partial charge in [-0.15, -0.1) is 0 Å². The number of hydrogen-bond acceptors (Lipinski definition) is 3. The standard InChI is InChI=1S/C14H18N4O/c1-2-18-10-12(9-17-18)13(14(15)19)16-8-11-6-4-3-5-7-11/h3-7,9-10,13,16H,2,8H2,1H3,(H2,15,19). The molecule has 0 aliphatic heterocycles. The van der Waals surface area contributed by atoms with E-state index in [-0.39, 0.29) is 0 Å². The third kappa shape index (κ3) is 3.42. The maximum absolute atomic E-state index is 11.5. The van der Waals surface area contributed by atoms with Crippen LogP contribution >= 0.6 is 0 Å². The van der Waals surface area contributed by atoms with Crippen molar-refractivity contribution in [3.8, 4) is 0 Å². The highest BCUT2D eigenvalue weighted by Gasteiger charge is 2.18. The zero-order chi connectivity index (χ0) is 13.7. The molecule has 0 fully saturated rings. The van der Waals surface area contributed by atoms with Crippen LogP contribution in [0.25, 0.3) is 0 Å². The number of aryl methyl sites for hydroxylation is 1. The molecule has 0 aliphatic carbocycles. The first kappa shape index (κ1) is 13.3. The second-order valence-corrected chi connectivity index (χ2v) is 4.33. The van der Waals surface area contributed by atoms with Gasteiger partial charge in [-0.25, -0.2) is 0 Å². The molecule has 2 rings (SSSR count). The smallest absolute Gasteiger partial charge is 0.239 e. The molecule has 1 aromatic heterocycles. The normalized spacial score (nSPS) is 12.3. The predicted octanol–water partition coefficient (Wildman–Crippen LogP) is 1.22. The van der Waals surface area contributed by atoms with E-state index >= 15 is 0 Å². The van der Waals surface area contributed by atoms with Gasteiger partial charge in [-0.1, -0.05) is 30.3 Å². The van der Waals surface area contributed by atoms with E-state index in [1.807, 2.05) is 43.5 Å². The first-order chi connectivity index (χ1) is 9.20. The van der Waals surface area contributed by atoms with Crippen molar-refractivity contribution < 1.29 is 4.79 Å². The average Bonchev–Trinajstić information content (AvgIpc) is 2.88. The Morgan fingerprint density at radius 1 is 1.42 bits per heavy atom. The van der Waals surface area contributed by atoms with Gasteiger partial charge in [-0.2, -0.15) is 5.10 Å². The second-order valence-electron chi connectivity index (χ2n) is 4.33. The molecule has 1 atom stereocenters. The fourth-order valence-electron chi connectivity index (χ4n) is 1.90. The van der Waals surface area contributed by atoms with Crippen molar-refractivity contribution in [2.45, 2.75) is 26.1 Å². The first-order valence-corrected chi connectivity index (χ1v) is 6.29. The number of hydrogen-bond donors (Lipinski definition) is 2. The van der Waals surface area contributed by atoms with E-state index in [2.05, 4.69) is 10.4 Å². The van der Waals surface area contributed by atoms with Crippen LogP contribution in [0.4, 0.5) is 0 Å². The molecule has 0 aliphatic rings. The van der Waals surface area contributed by atoms with Gasteiger partial charge in [0.25, 0.3) is 0 Å². The number of nitrogens with zero attached hydrogens (tertiary/aromatic N) is 2. The number of nitrogens with two attached hydrogens (primary N) is 1. The maximum atomic E-state index is 11.5. The molecule has 19 heavy (non-hydrogen) atoms. The lowest BCUT2D eigenvalue weighted by Gasteiger charge is -2.13. The van der Waals surface area contributed by atoms with E-state index in [1.54, 1.807) is 10.9 Å². The van der Waals surface area contributed by atoms with E-state index in [0.717, 1.165) is 17.7 Å². The number of carbonyl (C=O) groups excluding carboxylic acids is 1. The number of aromatic nitrogens is 2. The summed E-state index contributed by atoms with van der Waals surface area (Å²) in [5.41, 5.74) is 7.35. The minimum atomic E-state index is -0.513. The number of primary amides is 1. The van der Waals surface area contributed by atoms with Gasteiger partial charge in [-0.05, 0) is 12.5 Å². The molecule has 2 aromatic rings. The van der Waals surface area contributed by atoms with Crippen molar-refractivity contribution in [1.82, 2.24) is 15.1 Å². The molecular weight excluding hydrogens is 240 g/mol. The Balaban J connectivity index is 2.06. The summed E-state index contributed by atoms with van der Waals surface area (Å²) in [6.07, 6.45) is 3.52. The van der Waals surface area contributed by atoms with Crippen molar-refractivity contribution >= 4 is 5.91 Å². The molecule has 1 aromatic carbocycles.